The van der Waals surface area contributed by atoms with Crippen molar-refractivity contribution in [3.05, 3.63) is 54.0 Å². The van der Waals surface area contributed by atoms with Crippen molar-refractivity contribution in [2.45, 2.75) is 25.4 Å². The third-order valence-corrected chi connectivity index (χ3v) is 4.24. The smallest absolute Gasteiger partial charge is 0.256 e. The molecule has 0 spiro atoms. The Balaban J connectivity index is 1.66. The summed E-state index contributed by atoms with van der Waals surface area (Å²) >= 11 is 0. The first-order valence-electron chi connectivity index (χ1n) is 8.15. The van der Waals surface area contributed by atoms with Crippen LogP contribution in [0.2, 0.25) is 0 Å². The highest BCUT2D eigenvalue weighted by Crippen LogP contribution is 2.20. The Morgan fingerprint density at radius 1 is 1.42 bits per heavy atom. The molecule has 126 valence electrons. The van der Waals surface area contributed by atoms with Crippen LogP contribution < -0.4 is 5.32 Å². The summed E-state index contributed by atoms with van der Waals surface area (Å²) < 4.78 is 5.30. The predicted molar refractivity (Wildman–Crippen MR) is 91.7 cm³/mol. The molecule has 1 aliphatic rings. The zero-order valence-electron chi connectivity index (χ0n) is 13.8. The Bertz CT molecular complexity index is 678. The third kappa shape index (κ3) is 4.15. The minimum Gasteiger partial charge on any atom is -0.383 e. The first kappa shape index (κ1) is 16.5. The maximum Gasteiger partial charge on any atom is 0.256 e. The summed E-state index contributed by atoms with van der Waals surface area (Å²) in [4.78, 5) is 22.8. The van der Waals surface area contributed by atoms with Gasteiger partial charge in [-0.15, -0.1) is 0 Å². The van der Waals surface area contributed by atoms with Gasteiger partial charge in [0, 0.05) is 37.7 Å². The fourth-order valence-electron chi connectivity index (χ4n) is 3.08. The van der Waals surface area contributed by atoms with Crippen molar-refractivity contribution < 1.29 is 9.53 Å². The lowest BCUT2D eigenvalue weighted by atomic mass is 10.1. The molecule has 24 heavy (non-hydrogen) atoms. The summed E-state index contributed by atoms with van der Waals surface area (Å²) in [5.74, 6) is 0.278. The van der Waals surface area contributed by atoms with E-state index in [1.54, 1.807) is 19.5 Å². The Labute approximate surface area is 141 Å². The van der Waals surface area contributed by atoms with E-state index in [0.717, 1.165) is 25.3 Å². The van der Waals surface area contributed by atoms with Crippen LogP contribution >= 0.6 is 0 Å². The number of anilines is 1. The summed E-state index contributed by atoms with van der Waals surface area (Å²) in [6.45, 7) is 2.66. The Hall–Kier alpha value is -2.31. The molecule has 1 N–H and O–H groups in total. The van der Waals surface area contributed by atoms with E-state index in [1.165, 1.54) is 19.0 Å². The molecule has 1 saturated heterocycles. The minimum absolute atomic E-state index is 0.174. The van der Waals surface area contributed by atoms with Gasteiger partial charge in [0.25, 0.3) is 5.91 Å². The van der Waals surface area contributed by atoms with Crippen LogP contribution in [0.5, 0.6) is 0 Å². The number of ether oxygens (including phenoxy) is 1. The van der Waals surface area contributed by atoms with E-state index in [2.05, 4.69) is 26.3 Å². The molecule has 6 heteroatoms. The highest BCUT2D eigenvalue weighted by atomic mass is 16.5. The molecule has 1 atom stereocenters. The van der Waals surface area contributed by atoms with E-state index in [0.29, 0.717) is 17.4 Å². The Morgan fingerprint density at radius 3 is 3.12 bits per heavy atom. The van der Waals surface area contributed by atoms with Crippen molar-refractivity contribution >= 4 is 11.7 Å². The third-order valence-electron chi connectivity index (χ3n) is 4.24. The van der Waals surface area contributed by atoms with Gasteiger partial charge in [-0.2, -0.15) is 0 Å². The van der Waals surface area contributed by atoms with Gasteiger partial charge in [0.15, 0.2) is 5.82 Å². The quantitative estimate of drug-likeness (QED) is 0.882. The second-order valence-electron chi connectivity index (χ2n) is 5.97. The number of nitrogens with one attached hydrogen (secondary N) is 1. The zero-order valence-corrected chi connectivity index (χ0v) is 13.8. The normalized spacial score (nSPS) is 17.8. The first-order chi connectivity index (χ1) is 11.8. The number of carbonyl (C=O) groups is 1. The lowest BCUT2D eigenvalue weighted by Crippen LogP contribution is -2.32. The van der Waals surface area contributed by atoms with E-state index < -0.39 is 0 Å². The first-order valence-corrected chi connectivity index (χ1v) is 8.15. The van der Waals surface area contributed by atoms with Crippen LogP contribution in [0.3, 0.4) is 0 Å². The summed E-state index contributed by atoms with van der Waals surface area (Å²) in [6.07, 6.45) is 7.01. The number of hydrogen-bond donors (Lipinski definition) is 1. The average molecular weight is 326 g/mol. The number of nitrogens with zero attached hydrogens (tertiary/aromatic N) is 3. The van der Waals surface area contributed by atoms with Gasteiger partial charge in [-0.1, -0.05) is 12.1 Å². The molecule has 1 amide bonds. The number of hydrogen-bond acceptors (Lipinski definition) is 5. The van der Waals surface area contributed by atoms with Gasteiger partial charge in [-0.3, -0.25) is 14.7 Å². The fourth-order valence-corrected chi connectivity index (χ4v) is 3.08. The molecule has 1 aromatic carbocycles. The van der Waals surface area contributed by atoms with Crippen molar-refractivity contribution in [2.24, 2.45) is 0 Å². The highest BCUT2D eigenvalue weighted by Gasteiger charge is 2.24. The van der Waals surface area contributed by atoms with Gasteiger partial charge >= 0.3 is 0 Å². The molecule has 0 bridgehead atoms. The summed E-state index contributed by atoms with van der Waals surface area (Å²) in [5, 5.41) is 2.76. The van der Waals surface area contributed by atoms with Crippen LogP contribution in [0.15, 0.2) is 42.9 Å². The Morgan fingerprint density at radius 2 is 2.33 bits per heavy atom. The number of amides is 1. The number of carbonyl (C=O) groups excluding carboxylic acids is 1. The van der Waals surface area contributed by atoms with Crippen LogP contribution in [-0.2, 0) is 11.3 Å². The van der Waals surface area contributed by atoms with Crippen LogP contribution in [0.1, 0.15) is 28.8 Å². The van der Waals surface area contributed by atoms with Gasteiger partial charge in [-0.25, -0.2) is 4.98 Å². The average Bonchev–Trinajstić information content (AvgIpc) is 3.03. The molecular weight excluding hydrogens is 304 g/mol. The second-order valence-corrected chi connectivity index (χ2v) is 5.97. The van der Waals surface area contributed by atoms with Gasteiger partial charge in [-0.05, 0) is 37.1 Å². The van der Waals surface area contributed by atoms with Crippen LogP contribution in [-0.4, -0.2) is 47.1 Å². The number of aromatic nitrogens is 2. The summed E-state index contributed by atoms with van der Waals surface area (Å²) in [5.41, 5.74) is 1.76. The van der Waals surface area contributed by atoms with Crippen molar-refractivity contribution in [1.82, 2.24) is 14.9 Å². The lowest BCUT2D eigenvalue weighted by molar-refractivity contribution is 0.102. The molecule has 1 aromatic heterocycles. The van der Waals surface area contributed by atoms with Gasteiger partial charge in [0.1, 0.15) is 0 Å². The molecule has 2 aromatic rings. The molecule has 0 aliphatic carbocycles. The summed E-state index contributed by atoms with van der Waals surface area (Å²) in [7, 11) is 1.74. The minimum atomic E-state index is -0.174. The SMILES string of the molecule is COC[C@H]1CCCN1Cc1cccc(C(=O)Nc2cnccn2)c1. The van der Waals surface area contributed by atoms with Crippen molar-refractivity contribution in [1.29, 1.82) is 0 Å². The van der Waals surface area contributed by atoms with E-state index in [1.807, 2.05) is 18.2 Å². The Kier molecular flexibility index (Phi) is 5.51. The fraction of sp³-hybridized carbons (Fsp3) is 0.389. The van der Waals surface area contributed by atoms with Crippen LogP contribution in [0.4, 0.5) is 5.82 Å². The van der Waals surface area contributed by atoms with E-state index in [9.17, 15) is 4.79 Å². The van der Waals surface area contributed by atoms with Crippen molar-refractivity contribution in [3.8, 4) is 0 Å². The molecule has 2 heterocycles. The van der Waals surface area contributed by atoms with Gasteiger partial charge < -0.3 is 10.1 Å². The molecule has 0 saturated carbocycles. The van der Waals surface area contributed by atoms with E-state index in [4.69, 9.17) is 4.74 Å². The maximum absolute atomic E-state index is 12.4. The molecule has 1 aliphatic heterocycles. The van der Waals surface area contributed by atoms with Crippen LogP contribution in [0.25, 0.3) is 0 Å². The standard InChI is InChI=1S/C18H22N4O2/c1-24-13-16-6-3-9-22(16)12-14-4-2-5-15(10-14)18(23)21-17-11-19-7-8-20-17/h2,4-5,7-8,10-11,16H,3,6,9,12-13H2,1H3,(H,20,21,23)/t16-/m1/s1. The van der Waals surface area contributed by atoms with Crippen molar-refractivity contribution in [2.75, 3.05) is 25.6 Å². The van der Waals surface area contributed by atoms with Gasteiger partial charge in [0.2, 0.25) is 0 Å². The molecule has 1 fully saturated rings. The van der Waals surface area contributed by atoms with Gasteiger partial charge in [0.05, 0.1) is 12.8 Å². The number of likely N-dealkylation sites (tertiary alicyclic amines) is 1. The monoisotopic (exact) mass is 326 g/mol. The number of methoxy groups -OCH3 is 1. The maximum atomic E-state index is 12.4. The second kappa shape index (κ2) is 7.99. The lowest BCUT2D eigenvalue weighted by Gasteiger charge is -2.24. The van der Waals surface area contributed by atoms with E-state index >= 15 is 0 Å². The topological polar surface area (TPSA) is 67.3 Å². The van der Waals surface area contributed by atoms with Crippen molar-refractivity contribution in [3.63, 3.8) is 0 Å². The molecule has 0 radical (unpaired) electrons. The van der Waals surface area contributed by atoms with Crippen LogP contribution in [0, 0.1) is 0 Å². The van der Waals surface area contributed by atoms with E-state index in [-0.39, 0.29) is 5.91 Å². The highest BCUT2D eigenvalue weighted by molar-refractivity contribution is 6.03. The molecule has 3 rings (SSSR count). The number of rotatable bonds is 6. The zero-order chi connectivity index (χ0) is 16.8. The summed E-state index contributed by atoms with van der Waals surface area (Å²) in [6, 6.07) is 8.19. The predicted octanol–water partition coefficient (Wildman–Crippen LogP) is 2.34. The molecule has 0 unspecified atom stereocenters. The number of benzene rings is 1. The molecular formula is C18H22N4O2. The molecule has 6 nitrogen and oxygen atoms in total. The largest absolute Gasteiger partial charge is 0.383 e.